The molecule has 0 aliphatic carbocycles. The number of nitrogens with two attached hydrogens (primary N) is 1. The van der Waals surface area contributed by atoms with Crippen LogP contribution in [0.4, 0.5) is 5.95 Å². The van der Waals surface area contributed by atoms with E-state index in [1.54, 1.807) is 0 Å². The minimum Gasteiger partial charge on any atom is -0.464 e. The number of hydrazine groups is 1. The van der Waals surface area contributed by atoms with Gasteiger partial charge in [0, 0.05) is 4.47 Å². The Morgan fingerprint density at radius 1 is 1.25 bits per heavy atom. The first-order valence-corrected chi connectivity index (χ1v) is 6.71. The van der Waals surface area contributed by atoms with E-state index in [1.807, 2.05) is 32.0 Å². The number of ether oxygens (including phenoxy) is 2. The molecule has 2 rings (SSSR count). The van der Waals surface area contributed by atoms with E-state index in [0.717, 1.165) is 10.0 Å². The van der Waals surface area contributed by atoms with E-state index in [2.05, 4.69) is 36.3 Å². The number of nitrogen functional groups attached to an aromatic ring is 1. The van der Waals surface area contributed by atoms with Crippen LogP contribution in [0.5, 0.6) is 17.8 Å². The molecule has 0 fully saturated rings. The molecule has 0 aliphatic heterocycles. The Hall–Kier alpha value is -1.93. The molecule has 7 nitrogen and oxygen atoms in total. The van der Waals surface area contributed by atoms with Gasteiger partial charge in [0.1, 0.15) is 5.75 Å². The first kappa shape index (κ1) is 14.5. The molecular weight excluding hydrogens is 326 g/mol. The van der Waals surface area contributed by atoms with Crippen molar-refractivity contribution in [3.8, 4) is 17.8 Å². The molecule has 0 radical (unpaired) electrons. The highest BCUT2D eigenvalue weighted by Crippen LogP contribution is 2.26. The monoisotopic (exact) mass is 339 g/mol. The van der Waals surface area contributed by atoms with Gasteiger partial charge in [0.25, 0.3) is 0 Å². The van der Waals surface area contributed by atoms with Gasteiger partial charge in [-0.25, -0.2) is 5.84 Å². The van der Waals surface area contributed by atoms with Crippen LogP contribution in [0.15, 0.2) is 22.7 Å². The van der Waals surface area contributed by atoms with E-state index in [0.29, 0.717) is 12.4 Å². The fraction of sp³-hybridized carbons (Fsp3) is 0.250. The number of benzene rings is 1. The van der Waals surface area contributed by atoms with Gasteiger partial charge < -0.3 is 9.47 Å². The number of hydrogen-bond acceptors (Lipinski definition) is 7. The number of nitrogens with zero attached hydrogens (tertiary/aromatic N) is 3. The molecule has 0 amide bonds. The maximum atomic E-state index is 5.64. The van der Waals surface area contributed by atoms with Gasteiger partial charge in [-0.3, -0.25) is 5.43 Å². The molecule has 0 unspecified atom stereocenters. The summed E-state index contributed by atoms with van der Waals surface area (Å²) in [6.07, 6.45) is 0. The second kappa shape index (κ2) is 6.49. The lowest BCUT2D eigenvalue weighted by Crippen LogP contribution is -2.12. The average molecular weight is 340 g/mol. The van der Waals surface area contributed by atoms with E-state index >= 15 is 0 Å². The zero-order valence-electron chi connectivity index (χ0n) is 11.1. The SMILES string of the molecule is CCOc1nc(NN)nc(Oc2ccc(Br)cc2C)n1. The van der Waals surface area contributed by atoms with Crippen LogP contribution in [0.3, 0.4) is 0 Å². The zero-order chi connectivity index (χ0) is 14.5. The summed E-state index contributed by atoms with van der Waals surface area (Å²) in [4.78, 5) is 12.0. The van der Waals surface area contributed by atoms with Gasteiger partial charge in [-0.15, -0.1) is 4.98 Å². The van der Waals surface area contributed by atoms with Gasteiger partial charge in [0.15, 0.2) is 0 Å². The summed E-state index contributed by atoms with van der Waals surface area (Å²) in [6.45, 7) is 4.19. The fourth-order valence-electron chi connectivity index (χ4n) is 1.47. The topological polar surface area (TPSA) is 95.2 Å². The number of halogens is 1. The third-order valence-corrected chi connectivity index (χ3v) is 2.83. The van der Waals surface area contributed by atoms with Crippen LogP contribution >= 0.6 is 15.9 Å². The summed E-state index contributed by atoms with van der Waals surface area (Å²) in [7, 11) is 0. The molecule has 1 aromatic heterocycles. The normalized spacial score (nSPS) is 10.2. The molecule has 3 N–H and O–H groups in total. The van der Waals surface area contributed by atoms with Gasteiger partial charge in [-0.1, -0.05) is 15.9 Å². The van der Waals surface area contributed by atoms with Crippen LogP contribution in [0.25, 0.3) is 0 Å². The maximum Gasteiger partial charge on any atom is 0.330 e. The summed E-state index contributed by atoms with van der Waals surface area (Å²) in [5, 5.41) is 0. The van der Waals surface area contributed by atoms with Crippen LogP contribution in [0.2, 0.25) is 0 Å². The molecule has 2 aromatic rings. The molecule has 0 saturated carbocycles. The number of hydrogen-bond donors (Lipinski definition) is 2. The summed E-state index contributed by atoms with van der Waals surface area (Å²) in [6, 6.07) is 5.89. The predicted molar refractivity (Wildman–Crippen MR) is 77.8 cm³/mol. The maximum absolute atomic E-state index is 5.64. The Labute approximate surface area is 124 Å². The Morgan fingerprint density at radius 3 is 2.65 bits per heavy atom. The van der Waals surface area contributed by atoms with Crippen LogP contribution in [-0.4, -0.2) is 21.6 Å². The Kier molecular flexibility index (Phi) is 4.70. The molecule has 0 saturated heterocycles. The summed E-state index contributed by atoms with van der Waals surface area (Å²) >= 11 is 3.39. The highest BCUT2D eigenvalue weighted by Gasteiger charge is 2.10. The number of aromatic nitrogens is 3. The van der Waals surface area contributed by atoms with Gasteiger partial charge in [0.05, 0.1) is 6.61 Å². The molecule has 0 aliphatic rings. The Morgan fingerprint density at radius 2 is 2.00 bits per heavy atom. The lowest BCUT2D eigenvalue weighted by Gasteiger charge is -2.09. The molecule has 1 heterocycles. The number of anilines is 1. The van der Waals surface area contributed by atoms with E-state index in [9.17, 15) is 0 Å². The molecule has 0 bridgehead atoms. The van der Waals surface area contributed by atoms with E-state index < -0.39 is 0 Å². The predicted octanol–water partition coefficient (Wildman–Crippen LogP) is 2.42. The van der Waals surface area contributed by atoms with Crippen molar-refractivity contribution in [2.45, 2.75) is 13.8 Å². The highest BCUT2D eigenvalue weighted by atomic mass is 79.9. The lowest BCUT2D eigenvalue weighted by atomic mass is 10.2. The van der Waals surface area contributed by atoms with E-state index in [-0.39, 0.29) is 18.0 Å². The zero-order valence-corrected chi connectivity index (χ0v) is 12.6. The van der Waals surface area contributed by atoms with Crippen LogP contribution in [0.1, 0.15) is 12.5 Å². The molecule has 0 atom stereocenters. The summed E-state index contributed by atoms with van der Waals surface area (Å²) in [5.41, 5.74) is 3.29. The van der Waals surface area contributed by atoms with Crippen molar-refractivity contribution >= 4 is 21.9 Å². The first-order valence-electron chi connectivity index (χ1n) is 5.92. The average Bonchev–Trinajstić information content (AvgIpc) is 2.42. The van der Waals surface area contributed by atoms with E-state index in [4.69, 9.17) is 15.3 Å². The number of nitrogens with one attached hydrogen (secondary N) is 1. The van der Waals surface area contributed by atoms with Crippen molar-refractivity contribution in [1.82, 2.24) is 15.0 Å². The Balaban J connectivity index is 2.29. The van der Waals surface area contributed by atoms with Crippen molar-refractivity contribution in [3.63, 3.8) is 0 Å². The van der Waals surface area contributed by atoms with Gasteiger partial charge in [-0.2, -0.15) is 9.97 Å². The van der Waals surface area contributed by atoms with Gasteiger partial charge >= 0.3 is 12.0 Å². The highest BCUT2D eigenvalue weighted by molar-refractivity contribution is 9.10. The smallest absolute Gasteiger partial charge is 0.330 e. The van der Waals surface area contributed by atoms with Crippen molar-refractivity contribution in [3.05, 3.63) is 28.2 Å². The minimum absolute atomic E-state index is 0.113. The molecule has 106 valence electrons. The van der Waals surface area contributed by atoms with Gasteiger partial charge in [-0.05, 0) is 37.6 Å². The molecule has 8 heteroatoms. The number of rotatable bonds is 5. The van der Waals surface area contributed by atoms with Crippen LogP contribution < -0.4 is 20.7 Å². The van der Waals surface area contributed by atoms with Crippen LogP contribution in [-0.2, 0) is 0 Å². The second-order valence-electron chi connectivity index (χ2n) is 3.81. The van der Waals surface area contributed by atoms with Gasteiger partial charge in [0.2, 0.25) is 5.95 Å². The molecule has 0 spiro atoms. The summed E-state index contributed by atoms with van der Waals surface area (Å²) in [5.74, 6) is 6.12. The van der Waals surface area contributed by atoms with Crippen molar-refractivity contribution in [1.29, 1.82) is 0 Å². The Bertz CT molecular complexity index is 608. The quantitative estimate of drug-likeness (QED) is 0.637. The molecular formula is C12H14BrN5O2. The third kappa shape index (κ3) is 3.55. The van der Waals surface area contributed by atoms with Crippen molar-refractivity contribution in [2.24, 2.45) is 5.84 Å². The second-order valence-corrected chi connectivity index (χ2v) is 4.73. The van der Waals surface area contributed by atoms with Crippen LogP contribution in [0, 0.1) is 6.92 Å². The molecule has 1 aromatic carbocycles. The van der Waals surface area contributed by atoms with Crippen molar-refractivity contribution in [2.75, 3.05) is 12.0 Å². The summed E-state index contributed by atoms with van der Waals surface area (Å²) < 4.78 is 11.8. The lowest BCUT2D eigenvalue weighted by molar-refractivity contribution is 0.303. The van der Waals surface area contributed by atoms with Crippen molar-refractivity contribution < 1.29 is 9.47 Å². The third-order valence-electron chi connectivity index (χ3n) is 2.34. The minimum atomic E-state index is 0.113. The fourth-order valence-corrected chi connectivity index (χ4v) is 1.94. The largest absolute Gasteiger partial charge is 0.464 e. The standard InChI is InChI=1S/C12H14BrN5O2/c1-3-19-11-15-10(18-14)16-12(17-11)20-9-5-4-8(13)6-7(9)2/h4-6H,3,14H2,1-2H3,(H,15,16,17,18). The van der Waals surface area contributed by atoms with E-state index in [1.165, 1.54) is 0 Å². The number of aryl methyl sites for hydroxylation is 1. The molecule has 20 heavy (non-hydrogen) atoms. The first-order chi connectivity index (χ1) is 9.62.